The molecule has 0 aliphatic rings. The van der Waals surface area contributed by atoms with Gasteiger partial charge < -0.3 is 0 Å². The number of nitrogens with zero attached hydrogens (tertiary/aromatic N) is 2. The van der Waals surface area contributed by atoms with Crippen molar-refractivity contribution in [2.24, 2.45) is 0 Å². The Kier molecular flexibility index (Phi) is 3.85. The predicted molar refractivity (Wildman–Crippen MR) is 72.8 cm³/mol. The summed E-state index contributed by atoms with van der Waals surface area (Å²) in [7, 11) is -4.32. The molecule has 9 heteroatoms. The number of hydrogen-bond acceptors (Lipinski definition) is 5. The van der Waals surface area contributed by atoms with E-state index in [4.69, 9.17) is 0 Å². The van der Waals surface area contributed by atoms with Crippen molar-refractivity contribution in [3.63, 3.8) is 0 Å². The first kappa shape index (κ1) is 14.9. The maximum absolute atomic E-state index is 13.5. The Balaban J connectivity index is 2.50. The molecule has 0 aliphatic heterocycles. The second-order valence-corrected chi connectivity index (χ2v) is 5.82. The largest absolute Gasteiger partial charge is 0.325 e. The zero-order chi connectivity index (χ0) is 15.6. The van der Waals surface area contributed by atoms with Gasteiger partial charge in [0.15, 0.2) is 4.90 Å². The van der Waals surface area contributed by atoms with Crippen LogP contribution in [0.25, 0.3) is 0 Å². The molecule has 0 radical (unpaired) electrons. The van der Waals surface area contributed by atoms with Gasteiger partial charge in [0.1, 0.15) is 5.82 Å². The molecule has 0 atom stereocenters. The third kappa shape index (κ3) is 3.14. The molecule has 0 saturated heterocycles. The molecule has 110 valence electrons. The topological polar surface area (TPSA) is 102 Å². The number of anilines is 1. The van der Waals surface area contributed by atoms with Crippen molar-refractivity contribution in [3.05, 3.63) is 58.0 Å². The van der Waals surface area contributed by atoms with Crippen molar-refractivity contribution in [2.75, 3.05) is 4.72 Å². The Morgan fingerprint density at radius 2 is 2.05 bits per heavy atom. The quantitative estimate of drug-likeness (QED) is 0.689. The molecule has 1 aromatic heterocycles. The number of rotatable bonds is 4. The van der Waals surface area contributed by atoms with Crippen LogP contribution in [0, 0.1) is 22.9 Å². The van der Waals surface area contributed by atoms with E-state index in [0.29, 0.717) is 0 Å². The Labute approximate surface area is 119 Å². The third-order valence-corrected chi connectivity index (χ3v) is 3.96. The summed E-state index contributed by atoms with van der Waals surface area (Å²) >= 11 is 0. The molecule has 0 aliphatic carbocycles. The molecule has 7 nitrogen and oxygen atoms in total. The van der Waals surface area contributed by atoms with Gasteiger partial charge in [0.05, 0.1) is 4.92 Å². The van der Waals surface area contributed by atoms with Gasteiger partial charge >= 0.3 is 5.69 Å². The fourth-order valence-corrected chi connectivity index (χ4v) is 2.86. The Morgan fingerprint density at radius 3 is 2.67 bits per heavy atom. The number of benzene rings is 1. The molecule has 2 rings (SSSR count). The average Bonchev–Trinajstić information content (AvgIpc) is 2.37. The van der Waals surface area contributed by atoms with E-state index in [1.54, 1.807) is 13.0 Å². The van der Waals surface area contributed by atoms with E-state index in [2.05, 4.69) is 9.71 Å². The molecule has 0 spiro atoms. The van der Waals surface area contributed by atoms with Gasteiger partial charge in [-0.05, 0) is 36.8 Å². The number of nitrogens with one attached hydrogen (secondary N) is 1. The molecule has 21 heavy (non-hydrogen) atoms. The highest BCUT2D eigenvalue weighted by Gasteiger charge is 2.29. The fourth-order valence-electron chi connectivity index (χ4n) is 1.67. The highest BCUT2D eigenvalue weighted by molar-refractivity contribution is 7.92. The minimum absolute atomic E-state index is 0.00596. The minimum atomic E-state index is -4.32. The molecule has 0 fully saturated rings. The number of aryl methyl sites for hydroxylation is 1. The summed E-state index contributed by atoms with van der Waals surface area (Å²) in [6.07, 6.45) is 1.38. The van der Waals surface area contributed by atoms with Gasteiger partial charge in [-0.1, -0.05) is 6.07 Å². The second-order valence-electron chi connectivity index (χ2n) is 4.17. The zero-order valence-electron chi connectivity index (χ0n) is 10.8. The molecule has 1 aromatic carbocycles. The normalized spacial score (nSPS) is 11.1. The van der Waals surface area contributed by atoms with Crippen molar-refractivity contribution < 1.29 is 17.7 Å². The van der Waals surface area contributed by atoms with E-state index in [1.165, 1.54) is 12.3 Å². The van der Waals surface area contributed by atoms with Crippen LogP contribution in [-0.2, 0) is 10.0 Å². The van der Waals surface area contributed by atoms with Crippen LogP contribution in [-0.4, -0.2) is 18.3 Å². The van der Waals surface area contributed by atoms with E-state index in [0.717, 1.165) is 23.8 Å². The third-order valence-electron chi connectivity index (χ3n) is 2.58. The summed E-state index contributed by atoms with van der Waals surface area (Å²) in [5, 5.41) is 10.9. The van der Waals surface area contributed by atoms with Gasteiger partial charge in [0, 0.05) is 6.20 Å². The van der Waals surface area contributed by atoms with Crippen LogP contribution in [0.4, 0.5) is 15.9 Å². The molecular weight excluding hydrogens is 301 g/mol. The smallest absolute Gasteiger partial charge is 0.263 e. The van der Waals surface area contributed by atoms with Gasteiger partial charge in [0.25, 0.3) is 10.0 Å². The summed E-state index contributed by atoms with van der Waals surface area (Å²) in [6.45, 7) is 1.73. The summed E-state index contributed by atoms with van der Waals surface area (Å²) < 4.78 is 39.9. The molecular formula is C12H10FN3O4S. The van der Waals surface area contributed by atoms with Crippen molar-refractivity contribution in [2.45, 2.75) is 11.8 Å². The second kappa shape index (κ2) is 5.44. The van der Waals surface area contributed by atoms with Crippen LogP contribution in [0.1, 0.15) is 5.56 Å². The Morgan fingerprint density at radius 1 is 1.33 bits per heavy atom. The highest BCUT2D eigenvalue weighted by atomic mass is 32.2. The number of sulfonamides is 1. The summed E-state index contributed by atoms with van der Waals surface area (Å²) in [5.74, 6) is -1.23. The molecule has 0 saturated carbocycles. The number of nitro groups is 1. The summed E-state index contributed by atoms with van der Waals surface area (Å²) in [5.41, 5.74) is -0.353. The van der Waals surface area contributed by atoms with Gasteiger partial charge in [0.2, 0.25) is 5.82 Å². The van der Waals surface area contributed by atoms with Crippen molar-refractivity contribution in [3.8, 4) is 0 Å². The monoisotopic (exact) mass is 311 g/mol. The first-order chi connectivity index (χ1) is 9.81. The first-order valence-electron chi connectivity index (χ1n) is 5.69. The van der Waals surface area contributed by atoms with Crippen LogP contribution in [0.15, 0.2) is 41.4 Å². The Hall–Kier alpha value is -2.55. The van der Waals surface area contributed by atoms with Crippen molar-refractivity contribution in [1.29, 1.82) is 0 Å². The number of halogens is 1. The summed E-state index contributed by atoms with van der Waals surface area (Å²) in [4.78, 5) is 12.8. The Bertz CT molecular complexity index is 808. The highest BCUT2D eigenvalue weighted by Crippen LogP contribution is 2.27. The standard InChI is InChI=1S/C12H10FN3O4S/c1-8-5-6-14-11(7-8)15-21(19,20)10-4-2-3-9(13)12(10)16(17)18/h2-7H,1H3,(H,14,15). The van der Waals surface area contributed by atoms with Crippen LogP contribution < -0.4 is 4.72 Å². The lowest BCUT2D eigenvalue weighted by Gasteiger charge is -2.08. The number of aromatic nitrogens is 1. The lowest BCUT2D eigenvalue weighted by Crippen LogP contribution is -2.16. The van der Waals surface area contributed by atoms with Gasteiger partial charge in [-0.15, -0.1) is 0 Å². The number of para-hydroxylation sites is 1. The maximum Gasteiger partial charge on any atom is 0.325 e. The van der Waals surface area contributed by atoms with E-state index in [-0.39, 0.29) is 5.82 Å². The summed E-state index contributed by atoms with van der Waals surface area (Å²) in [6, 6.07) is 5.97. The van der Waals surface area contributed by atoms with E-state index in [9.17, 15) is 22.9 Å². The van der Waals surface area contributed by atoms with Crippen molar-refractivity contribution >= 4 is 21.5 Å². The zero-order valence-corrected chi connectivity index (χ0v) is 11.6. The van der Waals surface area contributed by atoms with E-state index >= 15 is 0 Å². The van der Waals surface area contributed by atoms with Gasteiger partial charge in [-0.25, -0.2) is 13.4 Å². The van der Waals surface area contributed by atoms with Gasteiger partial charge in [-0.2, -0.15) is 4.39 Å². The van der Waals surface area contributed by atoms with E-state index < -0.39 is 31.3 Å². The molecule has 1 heterocycles. The number of nitro benzene ring substituents is 1. The SMILES string of the molecule is Cc1ccnc(NS(=O)(=O)c2cccc(F)c2[N+](=O)[O-])c1. The number of hydrogen-bond donors (Lipinski definition) is 1. The predicted octanol–water partition coefficient (Wildman–Crippen LogP) is 2.24. The minimum Gasteiger partial charge on any atom is -0.263 e. The fraction of sp³-hybridized carbons (Fsp3) is 0.0833. The van der Waals surface area contributed by atoms with Crippen LogP contribution in [0.5, 0.6) is 0 Å². The van der Waals surface area contributed by atoms with E-state index in [1.807, 2.05) is 0 Å². The molecule has 0 bridgehead atoms. The molecule has 0 amide bonds. The van der Waals surface area contributed by atoms with Crippen LogP contribution in [0.3, 0.4) is 0 Å². The lowest BCUT2D eigenvalue weighted by atomic mass is 10.3. The molecule has 0 unspecified atom stereocenters. The molecule has 2 aromatic rings. The van der Waals surface area contributed by atoms with Crippen LogP contribution >= 0.6 is 0 Å². The van der Waals surface area contributed by atoms with Crippen LogP contribution in [0.2, 0.25) is 0 Å². The molecule has 1 N–H and O–H groups in total. The van der Waals surface area contributed by atoms with Gasteiger partial charge in [-0.3, -0.25) is 14.8 Å². The first-order valence-corrected chi connectivity index (χ1v) is 7.18. The van der Waals surface area contributed by atoms with Crippen molar-refractivity contribution in [1.82, 2.24) is 4.98 Å². The average molecular weight is 311 g/mol. The maximum atomic E-state index is 13.5. The number of pyridine rings is 1. The lowest BCUT2D eigenvalue weighted by molar-refractivity contribution is -0.390.